The largest absolute Gasteiger partial charge is 0.377 e. The van der Waals surface area contributed by atoms with E-state index in [1.807, 2.05) is 0 Å². The zero-order valence-electron chi connectivity index (χ0n) is 11.5. The molecule has 0 aromatic heterocycles. The average molecular weight is 240 g/mol. The van der Waals surface area contributed by atoms with E-state index < -0.39 is 0 Å². The van der Waals surface area contributed by atoms with Gasteiger partial charge in [-0.3, -0.25) is 4.90 Å². The van der Waals surface area contributed by atoms with Gasteiger partial charge in [-0.2, -0.15) is 0 Å². The molecule has 0 spiro atoms. The lowest BCUT2D eigenvalue weighted by molar-refractivity contribution is 0.0592. The summed E-state index contributed by atoms with van der Waals surface area (Å²) >= 11 is 0. The van der Waals surface area contributed by atoms with Crippen LogP contribution >= 0.6 is 0 Å². The number of hydrogen-bond acceptors (Lipinski definition) is 3. The first kappa shape index (κ1) is 13.3. The Labute approximate surface area is 106 Å². The van der Waals surface area contributed by atoms with Crippen molar-refractivity contribution in [3.63, 3.8) is 0 Å². The van der Waals surface area contributed by atoms with E-state index in [2.05, 4.69) is 24.1 Å². The molecule has 2 rings (SSSR count). The normalized spacial score (nSPS) is 27.4. The highest BCUT2D eigenvalue weighted by atomic mass is 16.5. The smallest absolute Gasteiger partial charge is 0.0594 e. The van der Waals surface area contributed by atoms with Crippen molar-refractivity contribution < 1.29 is 4.74 Å². The molecular formula is C14H28N2O. The predicted octanol–water partition coefficient (Wildman–Crippen LogP) is 2.02. The molecule has 100 valence electrons. The molecular weight excluding hydrogens is 212 g/mol. The number of likely N-dealkylation sites (tertiary alicyclic amines) is 1. The Hall–Kier alpha value is -0.120. The van der Waals surface area contributed by atoms with Gasteiger partial charge in [-0.05, 0) is 39.7 Å². The zero-order valence-corrected chi connectivity index (χ0v) is 11.5. The van der Waals surface area contributed by atoms with Crippen LogP contribution in [0.25, 0.3) is 0 Å². The second kappa shape index (κ2) is 6.72. The van der Waals surface area contributed by atoms with Crippen molar-refractivity contribution in [3.05, 3.63) is 0 Å². The molecule has 1 aliphatic heterocycles. The molecule has 17 heavy (non-hydrogen) atoms. The van der Waals surface area contributed by atoms with E-state index in [1.54, 1.807) is 0 Å². The average Bonchev–Trinajstić information content (AvgIpc) is 2.96. The first-order valence-corrected chi connectivity index (χ1v) is 7.34. The highest BCUT2D eigenvalue weighted by molar-refractivity contribution is 4.82. The molecule has 1 atom stereocenters. The second-order valence-corrected chi connectivity index (χ2v) is 5.81. The minimum Gasteiger partial charge on any atom is -0.377 e. The molecule has 1 unspecified atom stereocenters. The molecule has 3 heteroatoms. The van der Waals surface area contributed by atoms with Gasteiger partial charge >= 0.3 is 0 Å². The van der Waals surface area contributed by atoms with E-state index >= 15 is 0 Å². The molecule has 0 aromatic rings. The molecule has 3 nitrogen and oxygen atoms in total. The third kappa shape index (κ3) is 4.23. The minimum atomic E-state index is 0.563. The van der Waals surface area contributed by atoms with E-state index in [-0.39, 0.29) is 0 Å². The second-order valence-electron chi connectivity index (χ2n) is 5.81. The maximum atomic E-state index is 5.86. The molecule has 1 aliphatic carbocycles. The molecule has 0 bridgehead atoms. The van der Waals surface area contributed by atoms with E-state index in [0.29, 0.717) is 18.2 Å². The van der Waals surface area contributed by atoms with Gasteiger partial charge in [0.1, 0.15) is 0 Å². The SMILES string of the molecule is CC(C)N1CCC(NCCOC2CCCC2)C1. The van der Waals surface area contributed by atoms with Crippen LogP contribution in [0.3, 0.4) is 0 Å². The fourth-order valence-electron chi connectivity index (χ4n) is 2.97. The van der Waals surface area contributed by atoms with Crippen molar-refractivity contribution in [1.29, 1.82) is 0 Å². The van der Waals surface area contributed by atoms with E-state index in [1.165, 1.54) is 45.2 Å². The Morgan fingerprint density at radius 2 is 2.00 bits per heavy atom. The zero-order chi connectivity index (χ0) is 12.1. The molecule has 0 radical (unpaired) electrons. The highest BCUT2D eigenvalue weighted by Gasteiger charge is 2.23. The van der Waals surface area contributed by atoms with Crippen molar-refractivity contribution in [1.82, 2.24) is 10.2 Å². The Balaban J connectivity index is 1.51. The van der Waals surface area contributed by atoms with Crippen LogP contribution in [0, 0.1) is 0 Å². The van der Waals surface area contributed by atoms with Crippen LogP contribution in [0.15, 0.2) is 0 Å². The van der Waals surface area contributed by atoms with Crippen molar-refractivity contribution >= 4 is 0 Å². The van der Waals surface area contributed by atoms with Crippen LogP contribution in [0.1, 0.15) is 46.0 Å². The Bertz CT molecular complexity index is 214. The van der Waals surface area contributed by atoms with Gasteiger partial charge in [-0.25, -0.2) is 0 Å². The minimum absolute atomic E-state index is 0.563. The third-order valence-electron chi connectivity index (χ3n) is 4.14. The lowest BCUT2D eigenvalue weighted by Gasteiger charge is -2.20. The maximum Gasteiger partial charge on any atom is 0.0594 e. The molecule has 2 fully saturated rings. The van der Waals surface area contributed by atoms with Crippen molar-refractivity contribution in [3.8, 4) is 0 Å². The van der Waals surface area contributed by atoms with Crippen LogP contribution in [0.2, 0.25) is 0 Å². The van der Waals surface area contributed by atoms with Gasteiger partial charge in [0.15, 0.2) is 0 Å². The first-order valence-electron chi connectivity index (χ1n) is 7.34. The summed E-state index contributed by atoms with van der Waals surface area (Å²) in [7, 11) is 0. The fourth-order valence-corrected chi connectivity index (χ4v) is 2.97. The van der Waals surface area contributed by atoms with Gasteiger partial charge in [0.2, 0.25) is 0 Å². The Morgan fingerprint density at radius 1 is 1.24 bits per heavy atom. The lowest BCUT2D eigenvalue weighted by Crippen LogP contribution is -2.36. The maximum absolute atomic E-state index is 5.86. The highest BCUT2D eigenvalue weighted by Crippen LogP contribution is 2.20. The quantitative estimate of drug-likeness (QED) is 0.719. The molecule has 0 amide bonds. The lowest BCUT2D eigenvalue weighted by atomic mass is 10.2. The number of nitrogens with one attached hydrogen (secondary N) is 1. The van der Waals surface area contributed by atoms with Gasteiger partial charge in [0.25, 0.3) is 0 Å². The summed E-state index contributed by atoms with van der Waals surface area (Å²) in [5.74, 6) is 0. The summed E-state index contributed by atoms with van der Waals surface area (Å²) in [5, 5.41) is 3.62. The topological polar surface area (TPSA) is 24.5 Å². The summed E-state index contributed by atoms with van der Waals surface area (Å²) < 4.78 is 5.86. The van der Waals surface area contributed by atoms with E-state index in [0.717, 1.165) is 13.2 Å². The summed E-state index contributed by atoms with van der Waals surface area (Å²) in [4.78, 5) is 2.55. The monoisotopic (exact) mass is 240 g/mol. The summed E-state index contributed by atoms with van der Waals surface area (Å²) in [6.45, 7) is 8.94. The van der Waals surface area contributed by atoms with Gasteiger partial charge in [0, 0.05) is 25.2 Å². The molecule has 1 saturated heterocycles. The molecule has 1 N–H and O–H groups in total. The first-order chi connectivity index (χ1) is 8.25. The van der Waals surface area contributed by atoms with Gasteiger partial charge in [-0.1, -0.05) is 12.8 Å². The number of nitrogens with zero attached hydrogens (tertiary/aromatic N) is 1. The van der Waals surface area contributed by atoms with Crippen LogP contribution in [0.5, 0.6) is 0 Å². The van der Waals surface area contributed by atoms with E-state index in [4.69, 9.17) is 4.74 Å². The number of ether oxygens (including phenoxy) is 1. The van der Waals surface area contributed by atoms with Gasteiger partial charge in [0.05, 0.1) is 12.7 Å². The summed E-state index contributed by atoms with van der Waals surface area (Å²) in [6.07, 6.45) is 7.15. The number of hydrogen-bond donors (Lipinski definition) is 1. The standard InChI is InChI=1S/C14H28N2O/c1-12(2)16-9-7-13(11-16)15-8-10-17-14-5-3-4-6-14/h12-15H,3-11H2,1-2H3. The van der Waals surface area contributed by atoms with Crippen molar-refractivity contribution in [2.45, 2.75) is 64.1 Å². The third-order valence-corrected chi connectivity index (χ3v) is 4.14. The Kier molecular flexibility index (Phi) is 5.26. The van der Waals surface area contributed by atoms with Crippen LogP contribution < -0.4 is 5.32 Å². The van der Waals surface area contributed by atoms with Crippen molar-refractivity contribution in [2.24, 2.45) is 0 Å². The molecule has 2 aliphatic rings. The van der Waals surface area contributed by atoms with Gasteiger partial charge in [-0.15, -0.1) is 0 Å². The fraction of sp³-hybridized carbons (Fsp3) is 1.00. The molecule has 0 aromatic carbocycles. The summed E-state index contributed by atoms with van der Waals surface area (Å²) in [5.41, 5.74) is 0. The molecule has 1 heterocycles. The van der Waals surface area contributed by atoms with Gasteiger partial charge < -0.3 is 10.1 Å². The predicted molar refractivity (Wildman–Crippen MR) is 71.3 cm³/mol. The van der Waals surface area contributed by atoms with Crippen LogP contribution in [-0.4, -0.2) is 49.3 Å². The summed E-state index contributed by atoms with van der Waals surface area (Å²) in [6, 6.07) is 1.38. The van der Waals surface area contributed by atoms with Crippen LogP contribution in [0.4, 0.5) is 0 Å². The molecule has 1 saturated carbocycles. The number of rotatable bonds is 6. The van der Waals surface area contributed by atoms with Crippen molar-refractivity contribution in [2.75, 3.05) is 26.2 Å². The van der Waals surface area contributed by atoms with Crippen LogP contribution in [-0.2, 0) is 4.74 Å². The van der Waals surface area contributed by atoms with E-state index in [9.17, 15) is 0 Å². The Morgan fingerprint density at radius 3 is 2.65 bits per heavy atom.